The number of hydrogen-bond acceptors (Lipinski definition) is 7. The van der Waals surface area contributed by atoms with Crippen LogP contribution in [-0.2, 0) is 11.3 Å². The van der Waals surface area contributed by atoms with Crippen LogP contribution in [0.25, 0.3) is 0 Å². The highest BCUT2D eigenvalue weighted by Gasteiger charge is 2.38. The van der Waals surface area contributed by atoms with E-state index in [9.17, 15) is 14.4 Å². The molecule has 0 aromatic heterocycles. The van der Waals surface area contributed by atoms with Crippen LogP contribution in [-0.4, -0.2) is 68.7 Å². The van der Waals surface area contributed by atoms with Crippen LogP contribution >= 0.6 is 0 Å². The number of amides is 3. The molecule has 202 valence electrons. The van der Waals surface area contributed by atoms with E-state index < -0.39 is 18.1 Å². The maximum atomic E-state index is 13.4. The summed E-state index contributed by atoms with van der Waals surface area (Å²) in [5, 5.41) is 5.82. The molecule has 3 aromatic rings. The van der Waals surface area contributed by atoms with E-state index in [-0.39, 0.29) is 43.6 Å². The minimum absolute atomic E-state index is 0.149. The van der Waals surface area contributed by atoms with Gasteiger partial charge in [-0.2, -0.15) is 0 Å². The molecule has 6 rings (SSSR count). The molecule has 3 aliphatic heterocycles. The Bertz CT molecular complexity index is 1380. The second-order valence-electron chi connectivity index (χ2n) is 9.25. The highest BCUT2D eigenvalue weighted by Crippen LogP contribution is 2.28. The van der Waals surface area contributed by atoms with Crippen LogP contribution < -0.4 is 29.6 Å². The Morgan fingerprint density at radius 2 is 1.77 bits per heavy atom. The summed E-state index contributed by atoms with van der Waals surface area (Å²) in [4.78, 5) is 40.7. The van der Waals surface area contributed by atoms with Gasteiger partial charge in [-0.3, -0.25) is 14.4 Å². The third kappa shape index (κ3) is 5.90. The van der Waals surface area contributed by atoms with Crippen LogP contribution in [0.4, 0.5) is 0 Å². The van der Waals surface area contributed by atoms with Crippen molar-refractivity contribution in [1.82, 2.24) is 15.5 Å². The van der Waals surface area contributed by atoms with Crippen molar-refractivity contribution in [1.29, 1.82) is 0 Å². The van der Waals surface area contributed by atoms with Gasteiger partial charge in [0.1, 0.15) is 29.1 Å². The van der Waals surface area contributed by atoms with Crippen molar-refractivity contribution in [3.05, 3.63) is 83.4 Å². The Hall–Kier alpha value is -4.73. The number of benzene rings is 3. The van der Waals surface area contributed by atoms with Crippen LogP contribution in [0.5, 0.6) is 23.0 Å². The smallest absolute Gasteiger partial charge is 0.258 e. The second kappa shape index (κ2) is 11.3. The lowest BCUT2D eigenvalue weighted by molar-refractivity contribution is -0.123. The lowest BCUT2D eigenvalue weighted by Crippen LogP contribution is -2.45. The molecule has 10 nitrogen and oxygen atoms in total. The molecule has 0 spiro atoms. The van der Waals surface area contributed by atoms with Crippen LogP contribution in [0, 0.1) is 0 Å². The normalized spacial score (nSPS) is 19.1. The monoisotopic (exact) mass is 531 g/mol. The van der Waals surface area contributed by atoms with Gasteiger partial charge in [0.05, 0.1) is 26.8 Å². The molecule has 2 atom stereocenters. The van der Waals surface area contributed by atoms with Crippen LogP contribution in [0.3, 0.4) is 0 Å². The lowest BCUT2D eigenvalue weighted by Gasteiger charge is -2.22. The summed E-state index contributed by atoms with van der Waals surface area (Å²) >= 11 is 0. The van der Waals surface area contributed by atoms with Gasteiger partial charge in [-0.15, -0.1) is 0 Å². The summed E-state index contributed by atoms with van der Waals surface area (Å²) in [6.45, 7) is 0.496. The van der Waals surface area contributed by atoms with Crippen LogP contribution in [0.1, 0.15) is 26.3 Å². The standard InChI is InChI=1S/C29H29N3O7/c1-36-22-10-20-11-23(12-22)38-17-27(33)30-14-19-8-9-21(13-25(19)37-2)39-26-16-32(15-24(26)31-28(20)34)29(35)18-6-4-3-5-7-18/h3-13,24,26H,14-17H2,1-2H3,(H,30,33)(H,31,34)/t24-,26-/m0/s1. The minimum atomic E-state index is -0.533. The number of likely N-dealkylation sites (tertiary alicyclic amines) is 1. The Kier molecular flexibility index (Phi) is 7.53. The molecule has 0 radical (unpaired) electrons. The van der Waals surface area contributed by atoms with Crippen molar-refractivity contribution in [3.63, 3.8) is 0 Å². The quantitative estimate of drug-likeness (QED) is 0.533. The summed E-state index contributed by atoms with van der Waals surface area (Å²) in [6, 6.07) is 18.5. The van der Waals surface area contributed by atoms with Crippen LogP contribution in [0.2, 0.25) is 0 Å². The van der Waals surface area contributed by atoms with E-state index in [1.807, 2.05) is 18.2 Å². The van der Waals surface area contributed by atoms with E-state index in [4.69, 9.17) is 18.9 Å². The van der Waals surface area contributed by atoms with Gasteiger partial charge in [-0.05, 0) is 36.4 Å². The summed E-state index contributed by atoms with van der Waals surface area (Å²) in [7, 11) is 3.02. The number of hydrogen-bond donors (Lipinski definition) is 2. The number of rotatable bonds is 3. The van der Waals surface area contributed by atoms with Gasteiger partial charge < -0.3 is 34.5 Å². The third-order valence-electron chi connectivity index (χ3n) is 6.66. The van der Waals surface area contributed by atoms with Gasteiger partial charge in [-0.25, -0.2) is 0 Å². The first-order valence-electron chi connectivity index (χ1n) is 12.5. The zero-order valence-electron chi connectivity index (χ0n) is 21.6. The van der Waals surface area contributed by atoms with Crippen molar-refractivity contribution in [3.8, 4) is 23.0 Å². The van der Waals surface area contributed by atoms with E-state index >= 15 is 0 Å². The number of ether oxygens (including phenoxy) is 4. The van der Waals surface area contributed by atoms with E-state index in [0.29, 0.717) is 28.6 Å². The largest absolute Gasteiger partial charge is 0.497 e. The zero-order chi connectivity index (χ0) is 27.4. The number of carbonyl (C=O) groups excluding carboxylic acids is 3. The number of methoxy groups -OCH3 is 2. The molecule has 39 heavy (non-hydrogen) atoms. The van der Waals surface area contributed by atoms with Crippen LogP contribution in [0.15, 0.2) is 66.7 Å². The molecule has 3 amide bonds. The van der Waals surface area contributed by atoms with Gasteiger partial charge in [0.25, 0.3) is 17.7 Å². The molecular weight excluding hydrogens is 502 g/mol. The lowest BCUT2D eigenvalue weighted by atomic mass is 10.1. The first kappa shape index (κ1) is 25.9. The number of nitrogens with one attached hydrogen (secondary N) is 2. The summed E-state index contributed by atoms with van der Waals surface area (Å²) in [6.07, 6.45) is -0.533. The fourth-order valence-electron chi connectivity index (χ4n) is 4.63. The predicted molar refractivity (Wildman–Crippen MR) is 141 cm³/mol. The van der Waals surface area contributed by atoms with Crippen molar-refractivity contribution in [2.45, 2.75) is 18.7 Å². The molecule has 1 fully saturated rings. The number of fused-ring (bicyclic) bond motifs is 7. The highest BCUT2D eigenvalue weighted by molar-refractivity contribution is 5.96. The molecule has 3 aromatic carbocycles. The van der Waals surface area contributed by atoms with Crippen molar-refractivity contribution >= 4 is 17.7 Å². The van der Waals surface area contributed by atoms with Crippen molar-refractivity contribution in [2.24, 2.45) is 0 Å². The summed E-state index contributed by atoms with van der Waals surface area (Å²) in [5.41, 5.74) is 1.59. The minimum Gasteiger partial charge on any atom is -0.497 e. The average Bonchev–Trinajstić information content (AvgIpc) is 3.36. The fourth-order valence-corrected chi connectivity index (χ4v) is 4.63. The molecular formula is C29H29N3O7. The van der Waals surface area contributed by atoms with Gasteiger partial charge >= 0.3 is 0 Å². The van der Waals surface area contributed by atoms with Gasteiger partial charge in [0.15, 0.2) is 6.61 Å². The summed E-state index contributed by atoms with van der Waals surface area (Å²) < 4.78 is 22.9. The third-order valence-corrected chi connectivity index (χ3v) is 6.66. The first-order valence-corrected chi connectivity index (χ1v) is 12.5. The van der Waals surface area contributed by atoms with E-state index in [1.54, 1.807) is 53.4 Å². The maximum Gasteiger partial charge on any atom is 0.258 e. The van der Waals surface area contributed by atoms with E-state index in [1.165, 1.54) is 14.2 Å². The Labute approximate surface area is 225 Å². The Morgan fingerprint density at radius 3 is 2.54 bits per heavy atom. The zero-order valence-corrected chi connectivity index (χ0v) is 21.6. The number of nitrogens with zero attached hydrogens (tertiary/aromatic N) is 1. The SMILES string of the molecule is COc1cc2cc(c1)C(=O)N[C@H]1CN(C(=O)c3ccccc3)C[C@@H]1Oc1ccc(c(OC)c1)CNC(=O)CO2. The molecule has 3 heterocycles. The molecule has 1 saturated heterocycles. The van der Waals surface area contributed by atoms with Gasteiger partial charge in [0, 0.05) is 41.9 Å². The molecule has 0 saturated carbocycles. The molecule has 4 bridgehead atoms. The molecule has 2 N–H and O–H groups in total. The second-order valence-corrected chi connectivity index (χ2v) is 9.25. The fraction of sp³-hybridized carbons (Fsp3) is 0.276. The topological polar surface area (TPSA) is 115 Å². The van der Waals surface area contributed by atoms with E-state index in [2.05, 4.69) is 10.6 Å². The van der Waals surface area contributed by atoms with Crippen molar-refractivity contribution in [2.75, 3.05) is 33.9 Å². The summed E-state index contributed by atoms with van der Waals surface area (Å²) in [5.74, 6) is 0.866. The molecule has 3 aliphatic rings. The van der Waals surface area contributed by atoms with E-state index in [0.717, 1.165) is 5.56 Å². The Morgan fingerprint density at radius 1 is 0.949 bits per heavy atom. The highest BCUT2D eigenvalue weighted by atomic mass is 16.5. The Balaban J connectivity index is 1.49. The molecule has 0 unspecified atom stereocenters. The first-order chi connectivity index (χ1) is 18.9. The molecule has 0 aliphatic carbocycles. The average molecular weight is 532 g/mol. The number of carbonyl (C=O) groups is 3. The van der Waals surface area contributed by atoms with Crippen molar-refractivity contribution < 1.29 is 33.3 Å². The maximum absolute atomic E-state index is 13.4. The van der Waals surface area contributed by atoms with Gasteiger partial charge in [-0.1, -0.05) is 18.2 Å². The van der Waals surface area contributed by atoms with Gasteiger partial charge in [0.2, 0.25) is 0 Å². The predicted octanol–water partition coefficient (Wildman–Crippen LogP) is 2.41. The molecule has 10 heteroatoms.